The number of carbonyl (C=O) groups is 2. The van der Waals surface area contributed by atoms with E-state index in [0.717, 1.165) is 37.1 Å². The smallest absolute Gasteiger partial charge is 0.282 e. The average Bonchev–Trinajstić information content (AvgIpc) is 2.96. The predicted molar refractivity (Wildman–Crippen MR) is 117 cm³/mol. The standard InChI is InChI=1S/C23H22Cl2N2O2/c1-14-3-5-16(6-4-14)20-21(26-11-9-15(2)10-12-26)23(29)27(22(20)28)17-7-8-18(24)19(25)13-17/h3-8,13,15H,9-12H2,1-2H3. The molecule has 0 bridgehead atoms. The number of hydrogen-bond acceptors (Lipinski definition) is 3. The van der Waals surface area contributed by atoms with Gasteiger partial charge in [-0.05, 0) is 49.4 Å². The SMILES string of the molecule is Cc1ccc(C2=C(N3CCC(C)CC3)C(=O)N(c3ccc(Cl)c(Cl)c3)C2=O)cc1. The Kier molecular flexibility index (Phi) is 5.41. The second kappa shape index (κ2) is 7.85. The third-order valence-corrected chi connectivity index (χ3v) is 6.40. The van der Waals surface area contributed by atoms with Gasteiger partial charge < -0.3 is 4.90 Å². The second-order valence-electron chi connectivity index (χ2n) is 7.80. The molecule has 150 valence electrons. The molecule has 0 saturated carbocycles. The zero-order chi connectivity index (χ0) is 20.7. The fraction of sp³-hybridized carbons (Fsp3) is 0.304. The van der Waals surface area contributed by atoms with Crippen molar-refractivity contribution in [3.8, 4) is 0 Å². The molecule has 2 aromatic carbocycles. The van der Waals surface area contributed by atoms with Gasteiger partial charge in [0, 0.05) is 13.1 Å². The first kappa shape index (κ1) is 20.0. The highest BCUT2D eigenvalue weighted by atomic mass is 35.5. The van der Waals surface area contributed by atoms with Gasteiger partial charge >= 0.3 is 0 Å². The van der Waals surface area contributed by atoms with Gasteiger partial charge in [0.15, 0.2) is 0 Å². The van der Waals surface area contributed by atoms with Gasteiger partial charge in [0.1, 0.15) is 5.70 Å². The summed E-state index contributed by atoms with van der Waals surface area (Å²) in [5.41, 5.74) is 3.22. The zero-order valence-corrected chi connectivity index (χ0v) is 17.9. The maximum absolute atomic E-state index is 13.5. The van der Waals surface area contributed by atoms with Gasteiger partial charge in [-0.25, -0.2) is 4.90 Å². The molecule has 0 N–H and O–H groups in total. The molecular formula is C23H22Cl2N2O2. The van der Waals surface area contributed by atoms with Gasteiger partial charge in [0.2, 0.25) is 0 Å². The number of aryl methyl sites for hydroxylation is 1. The van der Waals surface area contributed by atoms with Gasteiger partial charge in [-0.3, -0.25) is 9.59 Å². The molecule has 0 radical (unpaired) electrons. The Morgan fingerprint density at radius 2 is 1.55 bits per heavy atom. The molecule has 4 rings (SSSR count). The minimum Gasteiger partial charge on any atom is -0.366 e. The van der Waals surface area contributed by atoms with Crippen LogP contribution in [0.3, 0.4) is 0 Å². The van der Waals surface area contributed by atoms with E-state index in [2.05, 4.69) is 11.8 Å². The molecule has 29 heavy (non-hydrogen) atoms. The van der Waals surface area contributed by atoms with Crippen molar-refractivity contribution in [2.75, 3.05) is 18.0 Å². The number of rotatable bonds is 3. The van der Waals surface area contributed by atoms with Crippen LogP contribution in [0.4, 0.5) is 5.69 Å². The van der Waals surface area contributed by atoms with Crippen molar-refractivity contribution < 1.29 is 9.59 Å². The summed E-state index contributed by atoms with van der Waals surface area (Å²) in [5, 5.41) is 0.688. The van der Waals surface area contributed by atoms with E-state index < -0.39 is 0 Å². The molecule has 0 aromatic heterocycles. The van der Waals surface area contributed by atoms with E-state index in [4.69, 9.17) is 23.2 Å². The first-order chi connectivity index (χ1) is 13.9. The van der Waals surface area contributed by atoms with Crippen LogP contribution in [0.15, 0.2) is 48.2 Å². The Balaban J connectivity index is 1.81. The molecule has 0 spiro atoms. The summed E-state index contributed by atoms with van der Waals surface area (Å²) in [5.74, 6) is -0.0163. The first-order valence-electron chi connectivity index (χ1n) is 9.77. The fourth-order valence-corrected chi connectivity index (χ4v) is 4.18. The number of imide groups is 1. The fourth-order valence-electron chi connectivity index (χ4n) is 3.88. The van der Waals surface area contributed by atoms with Gasteiger partial charge in [-0.1, -0.05) is 60.0 Å². The summed E-state index contributed by atoms with van der Waals surface area (Å²) >= 11 is 12.2. The van der Waals surface area contributed by atoms with Crippen molar-refractivity contribution in [2.24, 2.45) is 5.92 Å². The van der Waals surface area contributed by atoms with Crippen molar-refractivity contribution in [1.82, 2.24) is 4.90 Å². The molecule has 2 aromatic rings. The minimum absolute atomic E-state index is 0.307. The molecule has 2 aliphatic heterocycles. The van der Waals surface area contributed by atoms with Crippen molar-refractivity contribution in [3.05, 3.63) is 69.3 Å². The number of carbonyl (C=O) groups excluding carboxylic acids is 2. The van der Waals surface area contributed by atoms with E-state index in [9.17, 15) is 9.59 Å². The summed E-state index contributed by atoms with van der Waals surface area (Å²) < 4.78 is 0. The quantitative estimate of drug-likeness (QED) is 0.621. The number of piperidine rings is 1. The highest BCUT2D eigenvalue weighted by Crippen LogP contribution is 2.38. The summed E-state index contributed by atoms with van der Waals surface area (Å²) in [6, 6.07) is 12.5. The summed E-state index contributed by atoms with van der Waals surface area (Å²) in [6.45, 7) is 5.74. The van der Waals surface area contributed by atoms with Crippen LogP contribution < -0.4 is 4.90 Å². The molecule has 6 heteroatoms. The molecule has 1 fully saturated rings. The number of halogens is 2. The van der Waals surface area contributed by atoms with E-state index in [0.29, 0.717) is 32.9 Å². The van der Waals surface area contributed by atoms with Crippen LogP contribution in [-0.2, 0) is 9.59 Å². The number of likely N-dealkylation sites (tertiary alicyclic amines) is 1. The topological polar surface area (TPSA) is 40.6 Å². The van der Waals surface area contributed by atoms with Gasteiger partial charge in [-0.15, -0.1) is 0 Å². The number of hydrogen-bond donors (Lipinski definition) is 0. The number of amides is 2. The largest absolute Gasteiger partial charge is 0.366 e. The van der Waals surface area contributed by atoms with E-state index in [-0.39, 0.29) is 11.8 Å². The van der Waals surface area contributed by atoms with Crippen LogP contribution in [0.25, 0.3) is 5.57 Å². The Hall–Kier alpha value is -2.30. The third-order valence-electron chi connectivity index (χ3n) is 5.66. The first-order valence-corrected chi connectivity index (χ1v) is 10.5. The predicted octanol–water partition coefficient (Wildman–Crippen LogP) is 5.32. The molecule has 2 heterocycles. The lowest BCUT2D eigenvalue weighted by molar-refractivity contribution is -0.120. The lowest BCUT2D eigenvalue weighted by atomic mass is 9.97. The van der Waals surface area contributed by atoms with E-state index in [1.165, 1.54) is 4.90 Å². The Morgan fingerprint density at radius 3 is 2.17 bits per heavy atom. The molecule has 2 amide bonds. The molecular weight excluding hydrogens is 407 g/mol. The van der Waals surface area contributed by atoms with Gasteiger partial charge in [0.25, 0.3) is 11.8 Å². The highest BCUT2D eigenvalue weighted by Gasteiger charge is 2.43. The Bertz CT molecular complexity index is 1010. The normalized spacial score (nSPS) is 18.2. The average molecular weight is 429 g/mol. The van der Waals surface area contributed by atoms with Crippen LogP contribution >= 0.6 is 23.2 Å². The maximum Gasteiger partial charge on any atom is 0.282 e. The second-order valence-corrected chi connectivity index (χ2v) is 8.62. The van der Waals surface area contributed by atoms with Crippen LogP contribution in [0, 0.1) is 12.8 Å². The summed E-state index contributed by atoms with van der Waals surface area (Å²) in [7, 11) is 0. The van der Waals surface area contributed by atoms with Crippen LogP contribution in [-0.4, -0.2) is 29.8 Å². The van der Waals surface area contributed by atoms with Crippen molar-refractivity contribution in [2.45, 2.75) is 26.7 Å². The Morgan fingerprint density at radius 1 is 0.897 bits per heavy atom. The van der Waals surface area contributed by atoms with Gasteiger partial charge in [0.05, 0.1) is 21.3 Å². The highest BCUT2D eigenvalue weighted by molar-refractivity contribution is 6.46. The van der Waals surface area contributed by atoms with E-state index >= 15 is 0 Å². The summed E-state index contributed by atoms with van der Waals surface area (Å²) in [6.07, 6.45) is 2.00. The van der Waals surface area contributed by atoms with Gasteiger partial charge in [-0.2, -0.15) is 0 Å². The number of anilines is 1. The zero-order valence-electron chi connectivity index (χ0n) is 16.4. The lowest BCUT2D eigenvalue weighted by Gasteiger charge is -2.32. The number of nitrogens with zero attached hydrogens (tertiary/aromatic N) is 2. The van der Waals surface area contributed by atoms with Crippen molar-refractivity contribution in [3.63, 3.8) is 0 Å². The molecule has 4 nitrogen and oxygen atoms in total. The monoisotopic (exact) mass is 428 g/mol. The van der Waals surface area contributed by atoms with Crippen molar-refractivity contribution in [1.29, 1.82) is 0 Å². The molecule has 1 saturated heterocycles. The number of benzene rings is 2. The molecule has 2 aliphatic rings. The molecule has 0 aliphatic carbocycles. The maximum atomic E-state index is 13.5. The van der Waals surface area contributed by atoms with E-state index in [1.807, 2.05) is 31.2 Å². The summed E-state index contributed by atoms with van der Waals surface area (Å²) in [4.78, 5) is 30.2. The van der Waals surface area contributed by atoms with Crippen LogP contribution in [0.1, 0.15) is 30.9 Å². The molecule has 0 unspecified atom stereocenters. The minimum atomic E-state index is -0.328. The lowest BCUT2D eigenvalue weighted by Crippen LogP contribution is -2.38. The van der Waals surface area contributed by atoms with Crippen molar-refractivity contribution >= 4 is 46.3 Å². The van der Waals surface area contributed by atoms with E-state index in [1.54, 1.807) is 18.2 Å². The van der Waals surface area contributed by atoms with Crippen LogP contribution in [0.5, 0.6) is 0 Å². The molecule has 0 atom stereocenters. The third kappa shape index (κ3) is 3.67. The van der Waals surface area contributed by atoms with Crippen LogP contribution in [0.2, 0.25) is 10.0 Å². The Labute approximate surface area is 180 Å².